The summed E-state index contributed by atoms with van der Waals surface area (Å²) < 4.78 is 38.2. The number of nitrogens with zero attached hydrogens (tertiary/aromatic N) is 1. The number of urea groups is 1. The Balaban J connectivity index is 1.82. The van der Waals surface area contributed by atoms with Gasteiger partial charge in [0.2, 0.25) is 0 Å². The molecule has 0 radical (unpaired) electrons. The number of aliphatic hydroxyl groups is 1. The SMILES string of the molecule is CC(NC(=O)N1CCC(O)(C(F)(F)F)CC1)C1CCCCC1. The van der Waals surface area contributed by atoms with Gasteiger partial charge >= 0.3 is 12.2 Å². The highest BCUT2D eigenvalue weighted by atomic mass is 19.4. The highest BCUT2D eigenvalue weighted by Crippen LogP contribution is 2.38. The molecular formula is C15H25F3N2O2. The molecule has 1 heterocycles. The number of rotatable bonds is 2. The number of likely N-dealkylation sites (tertiary alicyclic amines) is 1. The molecule has 22 heavy (non-hydrogen) atoms. The lowest BCUT2D eigenvalue weighted by Crippen LogP contribution is -2.56. The van der Waals surface area contributed by atoms with Crippen molar-refractivity contribution in [2.45, 2.75) is 69.7 Å². The van der Waals surface area contributed by atoms with Crippen molar-refractivity contribution >= 4 is 6.03 Å². The molecule has 0 aromatic carbocycles. The zero-order valence-corrected chi connectivity index (χ0v) is 13.0. The molecule has 0 spiro atoms. The number of carbonyl (C=O) groups is 1. The Hall–Kier alpha value is -0.980. The second-order valence-corrected chi connectivity index (χ2v) is 6.65. The fourth-order valence-corrected chi connectivity index (χ4v) is 3.40. The minimum Gasteiger partial charge on any atom is -0.380 e. The fourth-order valence-electron chi connectivity index (χ4n) is 3.40. The number of hydrogen-bond acceptors (Lipinski definition) is 2. The summed E-state index contributed by atoms with van der Waals surface area (Å²) >= 11 is 0. The van der Waals surface area contributed by atoms with Crippen LogP contribution in [0.1, 0.15) is 51.9 Å². The minimum absolute atomic E-state index is 0.0382. The Labute approximate surface area is 129 Å². The van der Waals surface area contributed by atoms with Gasteiger partial charge in [-0.2, -0.15) is 13.2 Å². The third-order valence-electron chi connectivity index (χ3n) is 5.11. The standard InChI is InChI=1S/C15H25F3N2O2/c1-11(12-5-3-2-4-6-12)19-13(21)20-9-7-14(22,8-10-20)15(16,17)18/h11-12,22H,2-10H2,1H3,(H,19,21). The maximum absolute atomic E-state index is 12.7. The van der Waals surface area contributed by atoms with Gasteiger partial charge < -0.3 is 15.3 Å². The number of piperidine rings is 1. The summed E-state index contributed by atoms with van der Waals surface area (Å²) in [6.45, 7) is 1.82. The number of halogens is 3. The lowest BCUT2D eigenvalue weighted by Gasteiger charge is -2.39. The quantitative estimate of drug-likeness (QED) is 0.821. The Kier molecular flexibility index (Phi) is 5.25. The van der Waals surface area contributed by atoms with E-state index in [4.69, 9.17) is 0 Å². The molecule has 4 nitrogen and oxygen atoms in total. The van der Waals surface area contributed by atoms with Crippen molar-refractivity contribution in [2.24, 2.45) is 5.92 Å². The van der Waals surface area contributed by atoms with Crippen LogP contribution in [0.4, 0.5) is 18.0 Å². The molecule has 1 atom stereocenters. The normalized spacial score (nSPS) is 24.9. The van der Waals surface area contributed by atoms with Crippen LogP contribution in [-0.2, 0) is 0 Å². The van der Waals surface area contributed by atoms with E-state index in [1.165, 1.54) is 24.2 Å². The number of carbonyl (C=O) groups excluding carboxylic acids is 1. The van der Waals surface area contributed by atoms with Crippen molar-refractivity contribution in [3.05, 3.63) is 0 Å². The van der Waals surface area contributed by atoms with E-state index in [0.717, 1.165) is 12.8 Å². The molecule has 2 fully saturated rings. The van der Waals surface area contributed by atoms with E-state index in [-0.39, 0.29) is 25.2 Å². The molecule has 0 aromatic heterocycles. The third-order valence-corrected chi connectivity index (χ3v) is 5.11. The third kappa shape index (κ3) is 3.86. The van der Waals surface area contributed by atoms with Gasteiger partial charge in [-0.1, -0.05) is 19.3 Å². The van der Waals surface area contributed by atoms with E-state index >= 15 is 0 Å². The first-order valence-corrected chi connectivity index (χ1v) is 8.07. The topological polar surface area (TPSA) is 52.6 Å². The van der Waals surface area contributed by atoms with Crippen molar-refractivity contribution < 1.29 is 23.1 Å². The summed E-state index contributed by atoms with van der Waals surface area (Å²) in [5, 5.41) is 12.5. The monoisotopic (exact) mass is 322 g/mol. The molecule has 7 heteroatoms. The molecule has 1 unspecified atom stereocenters. The van der Waals surface area contributed by atoms with E-state index in [1.54, 1.807) is 0 Å². The molecular weight excluding hydrogens is 297 g/mol. The van der Waals surface area contributed by atoms with Crippen LogP contribution in [0.3, 0.4) is 0 Å². The van der Waals surface area contributed by atoms with Crippen LogP contribution in [0.15, 0.2) is 0 Å². The lowest BCUT2D eigenvalue weighted by molar-refractivity contribution is -0.271. The van der Waals surface area contributed by atoms with Gasteiger partial charge in [0.15, 0.2) is 5.60 Å². The van der Waals surface area contributed by atoms with Gasteiger partial charge in [0.05, 0.1) is 0 Å². The average Bonchev–Trinajstić information content (AvgIpc) is 2.47. The highest BCUT2D eigenvalue weighted by Gasteiger charge is 2.54. The first-order chi connectivity index (χ1) is 10.2. The van der Waals surface area contributed by atoms with E-state index < -0.39 is 24.6 Å². The van der Waals surface area contributed by atoms with Crippen molar-refractivity contribution in [2.75, 3.05) is 13.1 Å². The van der Waals surface area contributed by atoms with E-state index in [0.29, 0.717) is 5.92 Å². The highest BCUT2D eigenvalue weighted by molar-refractivity contribution is 5.74. The molecule has 2 amide bonds. The number of alkyl halides is 3. The van der Waals surface area contributed by atoms with Crippen LogP contribution in [-0.4, -0.2) is 46.9 Å². The summed E-state index contributed by atoms with van der Waals surface area (Å²) in [4.78, 5) is 13.5. The maximum Gasteiger partial charge on any atom is 0.417 e. The Morgan fingerprint density at radius 1 is 1.23 bits per heavy atom. The number of amides is 2. The molecule has 1 aliphatic heterocycles. The molecule has 2 aliphatic rings. The lowest BCUT2D eigenvalue weighted by atomic mass is 9.84. The van der Waals surface area contributed by atoms with Crippen molar-refractivity contribution in [1.82, 2.24) is 10.2 Å². The second kappa shape index (κ2) is 6.64. The summed E-state index contributed by atoms with van der Waals surface area (Å²) in [7, 11) is 0. The average molecular weight is 322 g/mol. The zero-order chi connectivity index (χ0) is 16.4. The molecule has 1 saturated heterocycles. The van der Waals surface area contributed by atoms with Gasteiger partial charge in [-0.3, -0.25) is 0 Å². The second-order valence-electron chi connectivity index (χ2n) is 6.65. The largest absolute Gasteiger partial charge is 0.417 e. The number of hydrogen-bond donors (Lipinski definition) is 2. The van der Waals surface area contributed by atoms with Gasteiger partial charge in [0, 0.05) is 32.0 Å². The molecule has 2 N–H and O–H groups in total. The smallest absolute Gasteiger partial charge is 0.380 e. The van der Waals surface area contributed by atoms with Gasteiger partial charge in [-0.25, -0.2) is 4.79 Å². The van der Waals surface area contributed by atoms with Gasteiger partial charge in [0.25, 0.3) is 0 Å². The Morgan fingerprint density at radius 3 is 2.27 bits per heavy atom. The first-order valence-electron chi connectivity index (χ1n) is 8.07. The summed E-state index contributed by atoms with van der Waals surface area (Å²) in [6.07, 6.45) is 0.221. The number of nitrogens with one attached hydrogen (secondary N) is 1. The molecule has 0 bridgehead atoms. The van der Waals surface area contributed by atoms with Crippen LogP contribution in [0.25, 0.3) is 0 Å². The van der Waals surface area contributed by atoms with Crippen LogP contribution in [0, 0.1) is 5.92 Å². The van der Waals surface area contributed by atoms with Crippen LogP contribution in [0.5, 0.6) is 0 Å². The molecule has 1 aliphatic carbocycles. The van der Waals surface area contributed by atoms with Crippen molar-refractivity contribution in [1.29, 1.82) is 0 Å². The maximum atomic E-state index is 12.7. The van der Waals surface area contributed by atoms with E-state index in [2.05, 4.69) is 5.32 Å². The van der Waals surface area contributed by atoms with Crippen molar-refractivity contribution in [3.63, 3.8) is 0 Å². The predicted molar refractivity (Wildman–Crippen MR) is 76.4 cm³/mol. The Bertz CT molecular complexity index is 387. The summed E-state index contributed by atoms with van der Waals surface area (Å²) in [5.41, 5.74) is -2.65. The predicted octanol–water partition coefficient (Wildman–Crippen LogP) is 3.05. The van der Waals surface area contributed by atoms with Crippen LogP contribution < -0.4 is 5.32 Å². The van der Waals surface area contributed by atoms with Crippen LogP contribution in [0.2, 0.25) is 0 Å². The molecule has 128 valence electrons. The van der Waals surface area contributed by atoms with Crippen LogP contribution >= 0.6 is 0 Å². The Morgan fingerprint density at radius 2 is 1.77 bits per heavy atom. The summed E-state index contributed by atoms with van der Waals surface area (Å²) in [5.74, 6) is 0.453. The first kappa shape index (κ1) is 17.4. The molecule has 0 aromatic rings. The minimum atomic E-state index is -4.63. The zero-order valence-electron chi connectivity index (χ0n) is 13.0. The van der Waals surface area contributed by atoms with E-state index in [9.17, 15) is 23.1 Å². The van der Waals surface area contributed by atoms with Gasteiger partial charge in [-0.15, -0.1) is 0 Å². The fraction of sp³-hybridized carbons (Fsp3) is 0.933. The van der Waals surface area contributed by atoms with Gasteiger partial charge in [-0.05, 0) is 25.7 Å². The molecule has 2 rings (SSSR count). The molecule has 1 saturated carbocycles. The van der Waals surface area contributed by atoms with Crippen molar-refractivity contribution in [3.8, 4) is 0 Å². The van der Waals surface area contributed by atoms with E-state index in [1.807, 2.05) is 6.92 Å². The van der Waals surface area contributed by atoms with Gasteiger partial charge in [0.1, 0.15) is 0 Å². The summed E-state index contributed by atoms with van der Waals surface area (Å²) in [6, 6.07) is -0.279.